The summed E-state index contributed by atoms with van der Waals surface area (Å²) in [6.45, 7) is 2.16. The number of hydrogen-bond acceptors (Lipinski definition) is 4. The number of halogens is 6. The van der Waals surface area contributed by atoms with Gasteiger partial charge in [0.1, 0.15) is 0 Å². The monoisotopic (exact) mass is 486 g/mol. The molecule has 0 saturated heterocycles. The van der Waals surface area contributed by atoms with Gasteiger partial charge < -0.3 is 10.2 Å². The number of hydrogen-bond donors (Lipinski definition) is 1. The molecule has 11 heteroatoms. The van der Waals surface area contributed by atoms with Crippen molar-refractivity contribution in [2.45, 2.75) is 31.3 Å². The molecule has 2 heterocycles. The van der Waals surface area contributed by atoms with Gasteiger partial charge in [-0.3, -0.25) is 4.79 Å². The summed E-state index contributed by atoms with van der Waals surface area (Å²) in [5, 5.41) is 8.56. The maximum atomic E-state index is 14.2. The van der Waals surface area contributed by atoms with Crippen LogP contribution in [-0.2, 0) is 16.6 Å². The van der Waals surface area contributed by atoms with E-state index in [4.69, 9.17) is 4.84 Å². The molecule has 4 nitrogen and oxygen atoms in total. The lowest BCUT2D eigenvalue weighted by Crippen LogP contribution is -2.42. The molecule has 2 aromatic carbocycles. The fraction of sp³-hybridized carbons (Fsp3) is 0.273. The molecule has 0 fully saturated rings. The molecular weight excluding hydrogens is 470 g/mol. The molecule has 1 atom stereocenters. The predicted molar refractivity (Wildman–Crippen MR) is 111 cm³/mol. The van der Waals surface area contributed by atoms with Crippen molar-refractivity contribution < 1.29 is 36.0 Å². The maximum Gasteiger partial charge on any atom is 0.435 e. The Morgan fingerprint density at radius 3 is 2.58 bits per heavy atom. The van der Waals surface area contributed by atoms with Crippen LogP contribution in [0.15, 0.2) is 53.0 Å². The molecule has 1 unspecified atom stereocenters. The summed E-state index contributed by atoms with van der Waals surface area (Å²) in [5.74, 6) is -0.328. The molecule has 3 aromatic rings. The lowest BCUT2D eigenvalue weighted by atomic mass is 9.85. The van der Waals surface area contributed by atoms with Crippen molar-refractivity contribution >= 4 is 33.0 Å². The Labute approximate surface area is 187 Å². The standard InChI is InChI=1S/C22H16F6N2O2S/c1-2-29-19(31)15-6-7-16(18-14(15)8-9-33-18)17-11-20(32-30-17,22(26,27)28)12-4-3-5-13(10-12)21(23,24)25/h3-10H,2,11H2,1H3,(H,29,31). The van der Waals surface area contributed by atoms with E-state index in [0.29, 0.717) is 39.9 Å². The summed E-state index contributed by atoms with van der Waals surface area (Å²) in [4.78, 5) is 17.2. The summed E-state index contributed by atoms with van der Waals surface area (Å²) in [6.07, 6.45) is -10.7. The number of oxime groups is 1. The smallest absolute Gasteiger partial charge is 0.374 e. The van der Waals surface area contributed by atoms with Gasteiger partial charge in [0.25, 0.3) is 11.5 Å². The normalized spacial score (nSPS) is 18.8. The Morgan fingerprint density at radius 1 is 1.15 bits per heavy atom. The van der Waals surface area contributed by atoms with Crippen molar-refractivity contribution in [1.82, 2.24) is 5.32 Å². The molecule has 0 radical (unpaired) electrons. The van der Waals surface area contributed by atoms with Crippen LogP contribution in [0.1, 0.15) is 40.4 Å². The molecular formula is C22H16F6N2O2S. The van der Waals surface area contributed by atoms with Crippen LogP contribution in [-0.4, -0.2) is 24.3 Å². The number of carbonyl (C=O) groups excluding carboxylic acids is 1. The SMILES string of the molecule is CCNC(=O)c1ccc(C2=NOC(c3cccc(C(F)(F)F)c3)(C(F)(F)F)C2)c2sccc12. The molecule has 4 rings (SSSR count). The summed E-state index contributed by atoms with van der Waals surface area (Å²) in [6, 6.07) is 7.62. The van der Waals surface area contributed by atoms with Gasteiger partial charge in [0.05, 0.1) is 17.7 Å². The first kappa shape index (κ1) is 23.1. The molecule has 1 N–H and O–H groups in total. The van der Waals surface area contributed by atoms with Gasteiger partial charge in [0.2, 0.25) is 0 Å². The van der Waals surface area contributed by atoms with Gasteiger partial charge >= 0.3 is 12.4 Å². The number of nitrogens with one attached hydrogen (secondary N) is 1. The van der Waals surface area contributed by atoms with E-state index < -0.39 is 35.5 Å². The molecule has 1 aromatic heterocycles. The zero-order valence-electron chi connectivity index (χ0n) is 17.0. The van der Waals surface area contributed by atoms with Crippen LogP contribution < -0.4 is 5.32 Å². The number of alkyl halides is 6. The lowest BCUT2D eigenvalue weighted by molar-refractivity contribution is -0.276. The van der Waals surface area contributed by atoms with E-state index in [1.807, 2.05) is 0 Å². The van der Waals surface area contributed by atoms with Gasteiger partial charge in [-0.1, -0.05) is 23.4 Å². The van der Waals surface area contributed by atoms with Crippen LogP contribution >= 0.6 is 11.3 Å². The van der Waals surface area contributed by atoms with Crippen LogP contribution in [0.25, 0.3) is 10.1 Å². The quantitative estimate of drug-likeness (QED) is 0.443. The third kappa shape index (κ3) is 3.94. The van der Waals surface area contributed by atoms with E-state index in [9.17, 15) is 31.1 Å². The molecule has 174 valence electrons. The fourth-order valence-electron chi connectivity index (χ4n) is 3.74. The summed E-state index contributed by atoms with van der Waals surface area (Å²) in [7, 11) is 0. The summed E-state index contributed by atoms with van der Waals surface area (Å²) < 4.78 is 82.5. The highest BCUT2D eigenvalue weighted by atomic mass is 32.1. The molecule has 1 aliphatic rings. The van der Waals surface area contributed by atoms with Crippen LogP contribution in [0, 0.1) is 0 Å². The first-order valence-corrected chi connectivity index (χ1v) is 10.6. The average Bonchev–Trinajstić information content (AvgIpc) is 3.41. The van der Waals surface area contributed by atoms with E-state index in [-0.39, 0.29) is 11.6 Å². The number of carbonyl (C=O) groups is 1. The Hall–Kier alpha value is -3.08. The Balaban J connectivity index is 1.77. The van der Waals surface area contributed by atoms with Crippen molar-refractivity contribution in [2.75, 3.05) is 6.54 Å². The third-order valence-corrected chi connectivity index (χ3v) is 6.30. The topological polar surface area (TPSA) is 50.7 Å². The number of thiophene rings is 1. The van der Waals surface area contributed by atoms with Gasteiger partial charge in [-0.05, 0) is 36.6 Å². The number of rotatable bonds is 4. The molecule has 1 aliphatic heterocycles. The van der Waals surface area contributed by atoms with E-state index in [2.05, 4.69) is 10.5 Å². The second kappa shape index (κ2) is 8.05. The number of benzene rings is 2. The van der Waals surface area contributed by atoms with Crippen molar-refractivity contribution in [3.05, 3.63) is 70.1 Å². The second-order valence-corrected chi connectivity index (χ2v) is 8.31. The average molecular weight is 486 g/mol. The Kier molecular flexibility index (Phi) is 5.63. The minimum atomic E-state index is -5.04. The van der Waals surface area contributed by atoms with E-state index in [0.717, 1.165) is 12.1 Å². The fourth-order valence-corrected chi connectivity index (χ4v) is 4.70. The molecule has 1 amide bonds. The van der Waals surface area contributed by atoms with Gasteiger partial charge in [0, 0.05) is 33.3 Å². The van der Waals surface area contributed by atoms with Crippen LogP contribution in [0.3, 0.4) is 0 Å². The van der Waals surface area contributed by atoms with Crippen LogP contribution in [0.5, 0.6) is 0 Å². The van der Waals surface area contributed by atoms with E-state index in [1.165, 1.54) is 23.5 Å². The van der Waals surface area contributed by atoms with Crippen molar-refractivity contribution in [3.63, 3.8) is 0 Å². The zero-order valence-corrected chi connectivity index (χ0v) is 17.8. The minimum Gasteiger partial charge on any atom is -0.374 e. The molecule has 0 bridgehead atoms. The molecule has 33 heavy (non-hydrogen) atoms. The zero-order chi connectivity index (χ0) is 24.0. The van der Waals surface area contributed by atoms with Crippen LogP contribution in [0.2, 0.25) is 0 Å². The molecule has 0 aliphatic carbocycles. The van der Waals surface area contributed by atoms with Crippen molar-refractivity contribution in [3.8, 4) is 0 Å². The molecule has 0 spiro atoms. The Morgan fingerprint density at radius 2 is 1.91 bits per heavy atom. The van der Waals surface area contributed by atoms with Gasteiger partial charge in [-0.15, -0.1) is 11.3 Å². The first-order valence-electron chi connectivity index (χ1n) is 9.76. The predicted octanol–water partition coefficient (Wildman–Crippen LogP) is 6.25. The lowest BCUT2D eigenvalue weighted by Gasteiger charge is -2.30. The minimum absolute atomic E-state index is 0.0698. The number of fused-ring (bicyclic) bond motifs is 1. The molecule has 0 saturated carbocycles. The summed E-state index contributed by atoms with van der Waals surface area (Å²) >= 11 is 1.21. The maximum absolute atomic E-state index is 14.2. The van der Waals surface area contributed by atoms with E-state index >= 15 is 0 Å². The number of nitrogens with zero attached hydrogens (tertiary/aromatic N) is 1. The highest BCUT2D eigenvalue weighted by Crippen LogP contribution is 2.50. The second-order valence-electron chi connectivity index (χ2n) is 7.39. The largest absolute Gasteiger partial charge is 0.435 e. The van der Waals surface area contributed by atoms with Gasteiger partial charge in [-0.2, -0.15) is 26.3 Å². The van der Waals surface area contributed by atoms with E-state index in [1.54, 1.807) is 18.4 Å². The first-order chi connectivity index (χ1) is 15.5. The summed E-state index contributed by atoms with van der Waals surface area (Å²) in [5.41, 5.74) is -4.36. The van der Waals surface area contributed by atoms with Crippen molar-refractivity contribution in [2.24, 2.45) is 5.16 Å². The number of amides is 1. The van der Waals surface area contributed by atoms with Crippen molar-refractivity contribution in [1.29, 1.82) is 0 Å². The van der Waals surface area contributed by atoms with Gasteiger partial charge in [0.15, 0.2) is 0 Å². The third-order valence-electron chi connectivity index (χ3n) is 5.35. The Bertz CT molecular complexity index is 1250. The highest BCUT2D eigenvalue weighted by Gasteiger charge is 2.62. The highest BCUT2D eigenvalue weighted by molar-refractivity contribution is 7.17. The van der Waals surface area contributed by atoms with Crippen LogP contribution in [0.4, 0.5) is 26.3 Å². The van der Waals surface area contributed by atoms with Gasteiger partial charge in [-0.25, -0.2) is 0 Å².